The largest absolute Gasteiger partial charge is 0.349 e. The molecule has 1 atom stereocenters. The van der Waals surface area contributed by atoms with Crippen molar-refractivity contribution in [1.82, 2.24) is 10.3 Å². The molecular formula is C21H21N3O2S. The molecule has 1 aromatic heterocycles. The highest BCUT2D eigenvalue weighted by Crippen LogP contribution is 2.19. The van der Waals surface area contributed by atoms with Crippen molar-refractivity contribution in [3.63, 3.8) is 0 Å². The standard InChI is InChI=1S/C21H21N3O2S/c1-14-8-6-7-11-18(14)15(2)22-19(25)12-17-13-27-21(23-17)24-20(26)16-9-4-3-5-10-16/h3-11,13,15H,12H2,1-2H3,(H,22,25)(H,23,24,26). The van der Waals surface area contributed by atoms with E-state index in [1.807, 2.05) is 56.3 Å². The summed E-state index contributed by atoms with van der Waals surface area (Å²) in [5, 5.41) is 8.04. The van der Waals surface area contributed by atoms with Crippen LogP contribution in [0.5, 0.6) is 0 Å². The van der Waals surface area contributed by atoms with Crippen LogP contribution in [-0.2, 0) is 11.2 Å². The molecule has 2 aromatic carbocycles. The van der Waals surface area contributed by atoms with E-state index in [1.165, 1.54) is 11.3 Å². The Morgan fingerprint density at radius 3 is 2.52 bits per heavy atom. The van der Waals surface area contributed by atoms with Crippen molar-refractivity contribution in [3.05, 3.63) is 82.4 Å². The number of carbonyl (C=O) groups excluding carboxylic acids is 2. The van der Waals surface area contributed by atoms with E-state index in [9.17, 15) is 9.59 Å². The molecule has 1 unspecified atom stereocenters. The minimum absolute atomic E-state index is 0.0745. The van der Waals surface area contributed by atoms with Crippen LogP contribution >= 0.6 is 11.3 Å². The number of amides is 2. The molecule has 0 radical (unpaired) electrons. The van der Waals surface area contributed by atoms with Crippen molar-refractivity contribution in [3.8, 4) is 0 Å². The van der Waals surface area contributed by atoms with Crippen LogP contribution in [0.4, 0.5) is 5.13 Å². The van der Waals surface area contributed by atoms with Crippen molar-refractivity contribution in [2.45, 2.75) is 26.3 Å². The number of aryl methyl sites for hydroxylation is 1. The fraction of sp³-hybridized carbons (Fsp3) is 0.190. The van der Waals surface area contributed by atoms with Gasteiger partial charge in [0.15, 0.2) is 5.13 Å². The van der Waals surface area contributed by atoms with E-state index >= 15 is 0 Å². The summed E-state index contributed by atoms with van der Waals surface area (Å²) in [6, 6.07) is 16.9. The summed E-state index contributed by atoms with van der Waals surface area (Å²) in [7, 11) is 0. The summed E-state index contributed by atoms with van der Waals surface area (Å²) >= 11 is 1.31. The first kappa shape index (κ1) is 18.8. The molecule has 0 spiro atoms. The van der Waals surface area contributed by atoms with Crippen molar-refractivity contribution >= 4 is 28.3 Å². The van der Waals surface area contributed by atoms with Gasteiger partial charge in [-0.25, -0.2) is 4.98 Å². The van der Waals surface area contributed by atoms with Gasteiger partial charge in [0, 0.05) is 10.9 Å². The number of benzene rings is 2. The van der Waals surface area contributed by atoms with Gasteiger partial charge in [-0.15, -0.1) is 11.3 Å². The number of anilines is 1. The fourth-order valence-electron chi connectivity index (χ4n) is 2.81. The highest BCUT2D eigenvalue weighted by atomic mass is 32.1. The molecule has 27 heavy (non-hydrogen) atoms. The number of nitrogens with one attached hydrogen (secondary N) is 2. The van der Waals surface area contributed by atoms with Crippen LogP contribution in [0.2, 0.25) is 0 Å². The van der Waals surface area contributed by atoms with Crippen LogP contribution in [0.25, 0.3) is 0 Å². The monoisotopic (exact) mass is 379 g/mol. The predicted octanol–water partition coefficient (Wildman–Crippen LogP) is 4.12. The lowest BCUT2D eigenvalue weighted by atomic mass is 10.0. The third kappa shape index (κ3) is 5.01. The molecule has 0 saturated carbocycles. The second-order valence-corrected chi connectivity index (χ2v) is 7.14. The maximum absolute atomic E-state index is 12.3. The van der Waals surface area contributed by atoms with E-state index in [-0.39, 0.29) is 24.3 Å². The molecule has 2 amide bonds. The predicted molar refractivity (Wildman–Crippen MR) is 108 cm³/mol. The Morgan fingerprint density at radius 2 is 1.78 bits per heavy atom. The number of thiazole rings is 1. The van der Waals surface area contributed by atoms with Gasteiger partial charge in [-0.2, -0.15) is 0 Å². The molecule has 3 rings (SSSR count). The van der Waals surface area contributed by atoms with E-state index in [0.29, 0.717) is 16.4 Å². The Hall–Kier alpha value is -2.99. The van der Waals surface area contributed by atoms with E-state index < -0.39 is 0 Å². The number of aromatic nitrogens is 1. The minimum Gasteiger partial charge on any atom is -0.349 e. The molecule has 5 nitrogen and oxygen atoms in total. The highest BCUT2D eigenvalue weighted by Gasteiger charge is 2.14. The van der Waals surface area contributed by atoms with Gasteiger partial charge in [0.2, 0.25) is 5.91 Å². The summed E-state index contributed by atoms with van der Waals surface area (Å²) in [5.74, 6) is -0.314. The molecule has 1 heterocycles. The number of hydrogen-bond donors (Lipinski definition) is 2. The Labute approximate surface area is 162 Å². The Balaban J connectivity index is 1.56. The molecule has 0 aliphatic carbocycles. The molecule has 2 N–H and O–H groups in total. The number of rotatable bonds is 6. The lowest BCUT2D eigenvalue weighted by Gasteiger charge is -2.16. The quantitative estimate of drug-likeness (QED) is 0.677. The van der Waals surface area contributed by atoms with Crippen LogP contribution in [0, 0.1) is 6.92 Å². The summed E-state index contributed by atoms with van der Waals surface area (Å²) in [5.41, 5.74) is 3.45. The molecule has 0 aliphatic rings. The first-order valence-electron chi connectivity index (χ1n) is 8.68. The van der Waals surface area contributed by atoms with Crippen molar-refractivity contribution in [1.29, 1.82) is 0 Å². The molecule has 6 heteroatoms. The van der Waals surface area contributed by atoms with Crippen LogP contribution in [0.1, 0.15) is 40.1 Å². The van der Waals surface area contributed by atoms with E-state index in [2.05, 4.69) is 15.6 Å². The maximum atomic E-state index is 12.3. The van der Waals surface area contributed by atoms with Crippen molar-refractivity contribution in [2.24, 2.45) is 0 Å². The van der Waals surface area contributed by atoms with Gasteiger partial charge in [-0.1, -0.05) is 42.5 Å². The molecular weight excluding hydrogens is 358 g/mol. The van der Waals surface area contributed by atoms with Crippen LogP contribution in [0.3, 0.4) is 0 Å². The molecule has 0 fully saturated rings. The van der Waals surface area contributed by atoms with Crippen LogP contribution < -0.4 is 10.6 Å². The Morgan fingerprint density at radius 1 is 1.07 bits per heavy atom. The highest BCUT2D eigenvalue weighted by molar-refractivity contribution is 7.14. The number of nitrogens with zero attached hydrogens (tertiary/aromatic N) is 1. The zero-order valence-electron chi connectivity index (χ0n) is 15.2. The average molecular weight is 379 g/mol. The smallest absolute Gasteiger partial charge is 0.257 e. The topological polar surface area (TPSA) is 71.1 Å². The third-order valence-electron chi connectivity index (χ3n) is 4.18. The number of hydrogen-bond acceptors (Lipinski definition) is 4. The van der Waals surface area contributed by atoms with E-state index in [0.717, 1.165) is 11.1 Å². The Bertz CT molecular complexity index is 937. The van der Waals surface area contributed by atoms with E-state index in [1.54, 1.807) is 17.5 Å². The SMILES string of the molecule is Cc1ccccc1C(C)NC(=O)Cc1csc(NC(=O)c2ccccc2)n1. The van der Waals surface area contributed by atoms with Gasteiger partial charge >= 0.3 is 0 Å². The minimum atomic E-state index is -0.214. The number of carbonyl (C=O) groups is 2. The molecule has 0 aliphatic heterocycles. The molecule has 138 valence electrons. The maximum Gasteiger partial charge on any atom is 0.257 e. The zero-order chi connectivity index (χ0) is 19.2. The van der Waals surface area contributed by atoms with Gasteiger partial charge in [0.25, 0.3) is 5.91 Å². The lowest BCUT2D eigenvalue weighted by molar-refractivity contribution is -0.121. The van der Waals surface area contributed by atoms with E-state index in [4.69, 9.17) is 0 Å². The summed E-state index contributed by atoms with van der Waals surface area (Å²) in [6.07, 6.45) is 0.175. The third-order valence-corrected chi connectivity index (χ3v) is 4.99. The summed E-state index contributed by atoms with van der Waals surface area (Å²) in [4.78, 5) is 28.8. The zero-order valence-corrected chi connectivity index (χ0v) is 16.0. The molecule has 0 bridgehead atoms. The second-order valence-electron chi connectivity index (χ2n) is 6.29. The van der Waals surface area contributed by atoms with Crippen LogP contribution in [-0.4, -0.2) is 16.8 Å². The second kappa shape index (κ2) is 8.60. The first-order valence-corrected chi connectivity index (χ1v) is 9.56. The van der Waals surface area contributed by atoms with Gasteiger partial charge in [0.05, 0.1) is 18.2 Å². The fourth-order valence-corrected chi connectivity index (χ4v) is 3.52. The van der Waals surface area contributed by atoms with Crippen molar-refractivity contribution in [2.75, 3.05) is 5.32 Å². The first-order chi connectivity index (χ1) is 13.0. The Kier molecular flexibility index (Phi) is 5.98. The average Bonchev–Trinajstić information content (AvgIpc) is 3.09. The summed E-state index contributed by atoms with van der Waals surface area (Å²) in [6.45, 7) is 3.99. The normalized spacial score (nSPS) is 11.6. The molecule has 3 aromatic rings. The van der Waals surface area contributed by atoms with Gasteiger partial charge in [-0.3, -0.25) is 14.9 Å². The molecule has 0 saturated heterocycles. The van der Waals surface area contributed by atoms with Gasteiger partial charge < -0.3 is 5.32 Å². The lowest BCUT2D eigenvalue weighted by Crippen LogP contribution is -2.28. The van der Waals surface area contributed by atoms with Gasteiger partial charge in [-0.05, 0) is 37.1 Å². The van der Waals surface area contributed by atoms with Crippen LogP contribution in [0.15, 0.2) is 60.0 Å². The van der Waals surface area contributed by atoms with Gasteiger partial charge in [0.1, 0.15) is 0 Å². The van der Waals surface area contributed by atoms with Crippen molar-refractivity contribution < 1.29 is 9.59 Å². The summed E-state index contributed by atoms with van der Waals surface area (Å²) < 4.78 is 0.